The van der Waals surface area contributed by atoms with Crippen molar-refractivity contribution in [3.8, 4) is 0 Å². The highest BCUT2D eigenvalue weighted by molar-refractivity contribution is 6.31. The van der Waals surface area contributed by atoms with E-state index in [1.165, 1.54) is 0 Å². The molecule has 4 heteroatoms. The van der Waals surface area contributed by atoms with Crippen LogP contribution in [-0.2, 0) is 13.6 Å². The number of benzene rings is 1. The molecule has 2 N–H and O–H groups in total. The van der Waals surface area contributed by atoms with Crippen LogP contribution in [0.4, 0.5) is 4.39 Å². The molecule has 0 saturated carbocycles. The summed E-state index contributed by atoms with van der Waals surface area (Å²) in [7, 11) is 1.86. The van der Waals surface area contributed by atoms with Crippen molar-refractivity contribution in [3.63, 3.8) is 0 Å². The Bertz CT molecular complexity index is 490. The van der Waals surface area contributed by atoms with Gasteiger partial charge in [0.2, 0.25) is 0 Å². The second-order valence-electron chi connectivity index (χ2n) is 3.22. The highest BCUT2D eigenvalue weighted by Gasteiger charge is 2.12. The van der Waals surface area contributed by atoms with Gasteiger partial charge in [0.05, 0.1) is 10.5 Å². The van der Waals surface area contributed by atoms with E-state index >= 15 is 0 Å². The summed E-state index contributed by atoms with van der Waals surface area (Å²) >= 11 is 5.70. The minimum atomic E-state index is -0.384. The van der Waals surface area contributed by atoms with Crippen LogP contribution in [0.2, 0.25) is 5.02 Å². The molecule has 0 amide bonds. The maximum atomic E-state index is 13.7. The summed E-state index contributed by atoms with van der Waals surface area (Å²) in [6.45, 7) is 0.314. The maximum Gasteiger partial charge on any atom is 0.151 e. The lowest BCUT2D eigenvalue weighted by Gasteiger charge is -1.99. The van der Waals surface area contributed by atoms with E-state index in [4.69, 9.17) is 17.3 Å². The highest BCUT2D eigenvalue weighted by Crippen LogP contribution is 2.28. The number of aryl methyl sites for hydroxylation is 1. The smallest absolute Gasteiger partial charge is 0.151 e. The van der Waals surface area contributed by atoms with E-state index in [1.807, 2.05) is 17.8 Å². The van der Waals surface area contributed by atoms with Crippen molar-refractivity contribution in [1.82, 2.24) is 4.57 Å². The van der Waals surface area contributed by atoms with Crippen LogP contribution >= 0.6 is 11.6 Å². The average Bonchev–Trinajstić information content (AvgIpc) is 2.50. The third-order valence-corrected chi connectivity index (χ3v) is 2.64. The van der Waals surface area contributed by atoms with Crippen LogP contribution < -0.4 is 5.73 Å². The molecule has 1 heterocycles. The van der Waals surface area contributed by atoms with Gasteiger partial charge in [0.25, 0.3) is 0 Å². The Balaban J connectivity index is 2.91. The summed E-state index contributed by atoms with van der Waals surface area (Å²) in [4.78, 5) is 0. The summed E-state index contributed by atoms with van der Waals surface area (Å²) in [6, 6.07) is 3.35. The van der Waals surface area contributed by atoms with Crippen LogP contribution in [0.5, 0.6) is 0 Å². The Labute approximate surface area is 86.1 Å². The van der Waals surface area contributed by atoms with Gasteiger partial charge in [-0.3, -0.25) is 0 Å². The van der Waals surface area contributed by atoms with Crippen molar-refractivity contribution < 1.29 is 4.39 Å². The van der Waals surface area contributed by atoms with Crippen molar-refractivity contribution >= 4 is 22.5 Å². The summed E-state index contributed by atoms with van der Waals surface area (Å²) in [6.07, 6.45) is 1.82. The molecule has 0 aliphatic rings. The third-order valence-electron chi connectivity index (χ3n) is 2.34. The monoisotopic (exact) mass is 212 g/mol. The molecular weight excluding hydrogens is 203 g/mol. The van der Waals surface area contributed by atoms with E-state index < -0.39 is 0 Å². The first kappa shape index (κ1) is 9.49. The van der Waals surface area contributed by atoms with Crippen molar-refractivity contribution in [2.45, 2.75) is 6.54 Å². The standard InChI is InChI=1S/C10H10ClFN2/c1-14-5-6(4-13)9-8(14)3-2-7(11)10(9)12/h2-3,5H,4,13H2,1H3. The van der Waals surface area contributed by atoms with Gasteiger partial charge in [0.15, 0.2) is 5.82 Å². The molecule has 0 fully saturated rings. The molecule has 0 bridgehead atoms. The summed E-state index contributed by atoms with van der Waals surface area (Å²) in [5.74, 6) is -0.384. The lowest BCUT2D eigenvalue weighted by atomic mass is 10.1. The molecule has 0 aliphatic carbocycles. The fourth-order valence-corrected chi connectivity index (χ4v) is 1.82. The molecule has 0 aliphatic heterocycles. The van der Waals surface area contributed by atoms with Gasteiger partial charge in [-0.05, 0) is 17.7 Å². The molecule has 74 valence electrons. The van der Waals surface area contributed by atoms with E-state index in [2.05, 4.69) is 0 Å². The fraction of sp³-hybridized carbons (Fsp3) is 0.200. The third kappa shape index (κ3) is 1.21. The Morgan fingerprint density at radius 1 is 1.50 bits per heavy atom. The van der Waals surface area contributed by atoms with Gasteiger partial charge in [-0.2, -0.15) is 0 Å². The van der Waals surface area contributed by atoms with Crippen LogP contribution in [0.25, 0.3) is 10.9 Å². The molecule has 0 unspecified atom stereocenters. The molecular formula is C10H10ClFN2. The predicted octanol–water partition coefficient (Wildman–Crippen LogP) is 2.43. The zero-order valence-corrected chi connectivity index (χ0v) is 8.48. The number of aromatic nitrogens is 1. The normalized spacial score (nSPS) is 11.1. The van der Waals surface area contributed by atoms with E-state index in [0.29, 0.717) is 11.9 Å². The molecule has 1 aromatic heterocycles. The first-order valence-corrected chi connectivity index (χ1v) is 4.65. The topological polar surface area (TPSA) is 30.9 Å². The summed E-state index contributed by atoms with van der Waals surface area (Å²) in [5, 5.41) is 0.668. The summed E-state index contributed by atoms with van der Waals surface area (Å²) < 4.78 is 15.5. The van der Waals surface area contributed by atoms with E-state index in [0.717, 1.165) is 11.1 Å². The Hall–Kier alpha value is -1.06. The molecule has 0 saturated heterocycles. The SMILES string of the molecule is Cn1cc(CN)c2c(F)c(Cl)ccc21. The van der Waals surface area contributed by atoms with Crippen LogP contribution in [0.3, 0.4) is 0 Å². The molecule has 2 nitrogen and oxygen atoms in total. The quantitative estimate of drug-likeness (QED) is 0.774. The van der Waals surface area contributed by atoms with E-state index in [1.54, 1.807) is 12.1 Å². The van der Waals surface area contributed by atoms with Crippen LogP contribution in [0.15, 0.2) is 18.3 Å². The highest BCUT2D eigenvalue weighted by atomic mass is 35.5. The van der Waals surface area contributed by atoms with Gasteiger partial charge < -0.3 is 10.3 Å². The predicted molar refractivity (Wildman–Crippen MR) is 55.8 cm³/mol. The van der Waals surface area contributed by atoms with Crippen LogP contribution in [0, 0.1) is 5.82 Å². The fourth-order valence-electron chi connectivity index (χ4n) is 1.66. The lowest BCUT2D eigenvalue weighted by Crippen LogP contribution is -1.95. The minimum absolute atomic E-state index is 0.137. The molecule has 0 radical (unpaired) electrons. The molecule has 0 spiro atoms. The second-order valence-corrected chi connectivity index (χ2v) is 3.63. The Morgan fingerprint density at radius 2 is 2.21 bits per heavy atom. The number of hydrogen-bond acceptors (Lipinski definition) is 1. The zero-order chi connectivity index (χ0) is 10.3. The van der Waals surface area contributed by atoms with Crippen molar-refractivity contribution in [2.75, 3.05) is 0 Å². The number of nitrogens with two attached hydrogens (primary N) is 1. The number of fused-ring (bicyclic) bond motifs is 1. The first-order valence-electron chi connectivity index (χ1n) is 4.27. The van der Waals surface area contributed by atoms with Gasteiger partial charge >= 0.3 is 0 Å². The average molecular weight is 213 g/mol. The van der Waals surface area contributed by atoms with E-state index in [9.17, 15) is 4.39 Å². The Kier molecular flexibility index (Phi) is 2.21. The molecule has 1 aromatic carbocycles. The van der Waals surface area contributed by atoms with Gasteiger partial charge in [0.1, 0.15) is 0 Å². The minimum Gasteiger partial charge on any atom is -0.350 e. The molecule has 0 atom stereocenters. The maximum absolute atomic E-state index is 13.7. The molecule has 2 aromatic rings. The van der Waals surface area contributed by atoms with Gasteiger partial charge in [-0.25, -0.2) is 4.39 Å². The lowest BCUT2D eigenvalue weighted by molar-refractivity contribution is 0.639. The number of hydrogen-bond donors (Lipinski definition) is 1. The number of rotatable bonds is 1. The van der Waals surface area contributed by atoms with Crippen LogP contribution in [-0.4, -0.2) is 4.57 Å². The van der Waals surface area contributed by atoms with Crippen molar-refractivity contribution in [3.05, 3.63) is 34.7 Å². The van der Waals surface area contributed by atoms with Crippen LogP contribution in [0.1, 0.15) is 5.56 Å². The van der Waals surface area contributed by atoms with E-state index in [-0.39, 0.29) is 10.8 Å². The van der Waals surface area contributed by atoms with Gasteiger partial charge in [0, 0.05) is 25.2 Å². The summed E-state index contributed by atoms with van der Waals surface area (Å²) in [5.41, 5.74) is 7.12. The van der Waals surface area contributed by atoms with Gasteiger partial charge in [-0.1, -0.05) is 11.6 Å². The largest absolute Gasteiger partial charge is 0.350 e. The second kappa shape index (κ2) is 3.26. The first-order chi connectivity index (χ1) is 6.65. The molecule has 2 rings (SSSR count). The van der Waals surface area contributed by atoms with Crippen molar-refractivity contribution in [2.24, 2.45) is 12.8 Å². The van der Waals surface area contributed by atoms with Crippen molar-refractivity contribution in [1.29, 1.82) is 0 Å². The van der Waals surface area contributed by atoms with Gasteiger partial charge in [-0.15, -0.1) is 0 Å². The Morgan fingerprint density at radius 3 is 2.86 bits per heavy atom. The zero-order valence-electron chi connectivity index (χ0n) is 7.72. The number of halogens is 2. The number of nitrogens with zero attached hydrogens (tertiary/aromatic N) is 1. The molecule has 14 heavy (non-hydrogen) atoms.